The Labute approximate surface area is 95.5 Å². The molecule has 0 aromatic heterocycles. The highest BCUT2D eigenvalue weighted by atomic mass is 16.4. The fourth-order valence-electron chi connectivity index (χ4n) is 2.36. The lowest BCUT2D eigenvalue weighted by molar-refractivity contribution is 0.0696. The number of piperidine rings is 1. The fraction of sp³-hybridized carbons (Fsp3) is 0.462. The van der Waals surface area contributed by atoms with Crippen molar-refractivity contribution in [3.8, 4) is 0 Å². The molecule has 1 aromatic carbocycles. The summed E-state index contributed by atoms with van der Waals surface area (Å²) in [6.07, 6.45) is 2.18. The first-order valence-electron chi connectivity index (χ1n) is 5.73. The minimum Gasteiger partial charge on any atom is -0.478 e. The number of hydrogen-bond acceptors (Lipinski definition) is 2. The van der Waals surface area contributed by atoms with Crippen LogP contribution in [-0.2, 0) is 0 Å². The van der Waals surface area contributed by atoms with Crippen LogP contribution >= 0.6 is 0 Å². The van der Waals surface area contributed by atoms with Gasteiger partial charge in [-0.15, -0.1) is 0 Å². The number of rotatable bonds is 2. The van der Waals surface area contributed by atoms with E-state index in [0.29, 0.717) is 17.5 Å². The summed E-state index contributed by atoms with van der Waals surface area (Å²) < 4.78 is 0. The summed E-state index contributed by atoms with van der Waals surface area (Å²) in [7, 11) is 0. The summed E-state index contributed by atoms with van der Waals surface area (Å²) in [5.74, 6) is -0.348. The van der Waals surface area contributed by atoms with Gasteiger partial charge >= 0.3 is 5.97 Å². The molecule has 0 aliphatic carbocycles. The maximum absolute atomic E-state index is 10.9. The Bertz CT molecular complexity index is 389. The molecule has 2 rings (SSSR count). The van der Waals surface area contributed by atoms with E-state index in [1.807, 2.05) is 18.2 Å². The Morgan fingerprint density at radius 3 is 3.00 bits per heavy atom. The molecule has 0 bridgehead atoms. The number of aromatic carboxylic acids is 1. The van der Waals surface area contributed by atoms with Crippen molar-refractivity contribution >= 4 is 5.97 Å². The first kappa shape index (κ1) is 11.1. The molecule has 86 valence electrons. The lowest BCUT2D eigenvalue weighted by Crippen LogP contribution is -2.34. The van der Waals surface area contributed by atoms with Crippen LogP contribution in [0, 0.1) is 0 Å². The Hall–Kier alpha value is -1.35. The van der Waals surface area contributed by atoms with Gasteiger partial charge in [0.05, 0.1) is 5.56 Å². The number of nitrogens with one attached hydrogen (secondary N) is 1. The molecule has 16 heavy (non-hydrogen) atoms. The van der Waals surface area contributed by atoms with Gasteiger partial charge in [-0.05, 0) is 49.9 Å². The van der Waals surface area contributed by atoms with Gasteiger partial charge in [-0.2, -0.15) is 0 Å². The van der Waals surface area contributed by atoms with Crippen molar-refractivity contribution in [1.82, 2.24) is 5.32 Å². The third-order valence-electron chi connectivity index (χ3n) is 3.23. The van der Waals surface area contributed by atoms with Crippen LogP contribution in [0.2, 0.25) is 0 Å². The molecule has 1 aliphatic rings. The van der Waals surface area contributed by atoms with Crippen molar-refractivity contribution in [1.29, 1.82) is 0 Å². The van der Waals surface area contributed by atoms with Gasteiger partial charge < -0.3 is 10.4 Å². The molecular weight excluding hydrogens is 202 g/mol. The molecule has 3 nitrogen and oxygen atoms in total. The fourth-order valence-corrected chi connectivity index (χ4v) is 2.36. The summed E-state index contributed by atoms with van der Waals surface area (Å²) in [5, 5.41) is 12.4. The predicted molar refractivity (Wildman–Crippen MR) is 62.8 cm³/mol. The van der Waals surface area contributed by atoms with Crippen molar-refractivity contribution < 1.29 is 9.90 Å². The predicted octanol–water partition coefficient (Wildman–Crippen LogP) is 2.24. The normalized spacial score (nSPS) is 25.3. The van der Waals surface area contributed by atoms with Gasteiger partial charge in [0.1, 0.15) is 0 Å². The number of carboxylic acid groups (broad SMARTS) is 1. The Kier molecular flexibility index (Phi) is 3.25. The molecule has 0 unspecified atom stereocenters. The number of carbonyl (C=O) groups is 1. The van der Waals surface area contributed by atoms with E-state index in [1.54, 1.807) is 6.07 Å². The summed E-state index contributed by atoms with van der Waals surface area (Å²) in [5.41, 5.74) is 1.55. The lowest BCUT2D eigenvalue weighted by atomic mass is 9.86. The highest BCUT2D eigenvalue weighted by Crippen LogP contribution is 2.28. The zero-order valence-electron chi connectivity index (χ0n) is 9.44. The average Bonchev–Trinajstić information content (AvgIpc) is 2.29. The van der Waals surface area contributed by atoms with E-state index in [1.165, 1.54) is 0 Å². The van der Waals surface area contributed by atoms with Crippen molar-refractivity contribution in [2.24, 2.45) is 0 Å². The number of benzene rings is 1. The first-order chi connectivity index (χ1) is 7.66. The van der Waals surface area contributed by atoms with Crippen LogP contribution in [-0.4, -0.2) is 23.7 Å². The van der Waals surface area contributed by atoms with Crippen LogP contribution in [0.15, 0.2) is 24.3 Å². The third kappa shape index (κ3) is 2.42. The standard InChI is InChI=1S/C13H17NO2/c1-9-7-11(5-6-14-9)10-3-2-4-12(8-10)13(15)16/h2-4,8-9,11,14H,5-7H2,1H3,(H,15,16)/t9-,11-/m1/s1. The quantitative estimate of drug-likeness (QED) is 0.802. The number of carboxylic acids is 1. The van der Waals surface area contributed by atoms with Crippen LogP contribution in [0.3, 0.4) is 0 Å². The lowest BCUT2D eigenvalue weighted by Gasteiger charge is -2.28. The topological polar surface area (TPSA) is 49.3 Å². The van der Waals surface area contributed by atoms with Crippen molar-refractivity contribution in [2.75, 3.05) is 6.54 Å². The second kappa shape index (κ2) is 4.66. The first-order valence-corrected chi connectivity index (χ1v) is 5.73. The van der Waals surface area contributed by atoms with Crippen molar-refractivity contribution in [3.05, 3.63) is 35.4 Å². The van der Waals surface area contributed by atoms with E-state index < -0.39 is 5.97 Å². The molecule has 1 heterocycles. The third-order valence-corrected chi connectivity index (χ3v) is 3.23. The molecule has 0 amide bonds. The van der Waals surface area contributed by atoms with E-state index in [-0.39, 0.29) is 0 Å². The van der Waals surface area contributed by atoms with E-state index in [9.17, 15) is 4.79 Å². The van der Waals surface area contributed by atoms with E-state index in [0.717, 1.165) is 24.9 Å². The highest BCUT2D eigenvalue weighted by Gasteiger charge is 2.20. The molecule has 1 aliphatic heterocycles. The Morgan fingerprint density at radius 2 is 2.31 bits per heavy atom. The second-order valence-corrected chi connectivity index (χ2v) is 4.51. The maximum atomic E-state index is 10.9. The zero-order chi connectivity index (χ0) is 11.5. The van der Waals surface area contributed by atoms with E-state index in [2.05, 4.69) is 12.2 Å². The molecule has 1 aromatic rings. The number of hydrogen-bond donors (Lipinski definition) is 2. The van der Waals surface area contributed by atoms with Crippen LogP contribution in [0.4, 0.5) is 0 Å². The minimum absolute atomic E-state index is 0.392. The van der Waals surface area contributed by atoms with Gasteiger partial charge in [-0.25, -0.2) is 4.79 Å². The summed E-state index contributed by atoms with van der Waals surface area (Å²) in [6.45, 7) is 3.19. The molecule has 0 spiro atoms. The van der Waals surface area contributed by atoms with Crippen molar-refractivity contribution in [3.63, 3.8) is 0 Å². The highest BCUT2D eigenvalue weighted by molar-refractivity contribution is 5.87. The molecular formula is C13H17NO2. The summed E-state index contributed by atoms with van der Waals surface area (Å²) in [4.78, 5) is 10.9. The summed E-state index contributed by atoms with van der Waals surface area (Å²) in [6, 6.07) is 7.86. The van der Waals surface area contributed by atoms with Gasteiger partial charge in [0, 0.05) is 6.04 Å². The smallest absolute Gasteiger partial charge is 0.335 e. The molecule has 0 radical (unpaired) electrons. The maximum Gasteiger partial charge on any atom is 0.335 e. The van der Waals surface area contributed by atoms with Crippen molar-refractivity contribution in [2.45, 2.75) is 31.7 Å². The van der Waals surface area contributed by atoms with Gasteiger partial charge in [-0.1, -0.05) is 12.1 Å². The zero-order valence-corrected chi connectivity index (χ0v) is 9.44. The molecule has 2 atom stereocenters. The molecule has 2 N–H and O–H groups in total. The molecule has 3 heteroatoms. The van der Waals surface area contributed by atoms with E-state index in [4.69, 9.17) is 5.11 Å². The van der Waals surface area contributed by atoms with Gasteiger partial charge in [0.15, 0.2) is 0 Å². The Morgan fingerprint density at radius 1 is 1.50 bits per heavy atom. The monoisotopic (exact) mass is 219 g/mol. The van der Waals surface area contributed by atoms with Gasteiger partial charge in [0.2, 0.25) is 0 Å². The minimum atomic E-state index is -0.844. The molecule has 1 saturated heterocycles. The SMILES string of the molecule is C[C@@H]1C[C@H](c2cccc(C(=O)O)c2)CCN1. The largest absolute Gasteiger partial charge is 0.478 e. The van der Waals surface area contributed by atoms with Gasteiger partial charge in [0.25, 0.3) is 0 Å². The van der Waals surface area contributed by atoms with Crippen LogP contribution < -0.4 is 5.32 Å². The van der Waals surface area contributed by atoms with Crippen LogP contribution in [0.1, 0.15) is 41.6 Å². The average molecular weight is 219 g/mol. The van der Waals surface area contributed by atoms with Gasteiger partial charge in [-0.3, -0.25) is 0 Å². The van der Waals surface area contributed by atoms with Crippen LogP contribution in [0.25, 0.3) is 0 Å². The molecule has 1 fully saturated rings. The van der Waals surface area contributed by atoms with E-state index >= 15 is 0 Å². The molecule has 0 saturated carbocycles. The second-order valence-electron chi connectivity index (χ2n) is 4.51. The Balaban J connectivity index is 2.19. The summed E-state index contributed by atoms with van der Waals surface area (Å²) >= 11 is 0. The van der Waals surface area contributed by atoms with Crippen LogP contribution in [0.5, 0.6) is 0 Å².